The molecule has 2 nitrogen and oxygen atoms in total. The van der Waals surface area contributed by atoms with Gasteiger partial charge in [0.15, 0.2) is 0 Å². The lowest BCUT2D eigenvalue weighted by Gasteiger charge is -2.42. The number of rotatable bonds is 7. The Labute approximate surface area is 114 Å². The first-order valence-electron chi connectivity index (χ1n) is 7.85. The third-order valence-corrected chi connectivity index (χ3v) is 5.05. The Kier molecular flexibility index (Phi) is 6.65. The van der Waals surface area contributed by atoms with E-state index in [0.717, 1.165) is 19.1 Å². The highest BCUT2D eigenvalue weighted by atomic mass is 16.5. The molecule has 0 amide bonds. The Hall–Kier alpha value is -0.0800. The zero-order valence-electron chi connectivity index (χ0n) is 13.2. The van der Waals surface area contributed by atoms with Crippen molar-refractivity contribution in [1.29, 1.82) is 0 Å². The van der Waals surface area contributed by atoms with E-state index in [-0.39, 0.29) is 0 Å². The Morgan fingerprint density at radius 1 is 1.17 bits per heavy atom. The van der Waals surface area contributed by atoms with Crippen molar-refractivity contribution in [3.63, 3.8) is 0 Å². The van der Waals surface area contributed by atoms with Crippen molar-refractivity contribution >= 4 is 0 Å². The summed E-state index contributed by atoms with van der Waals surface area (Å²) in [6.07, 6.45) is 5.76. The van der Waals surface area contributed by atoms with E-state index < -0.39 is 0 Å². The summed E-state index contributed by atoms with van der Waals surface area (Å²) >= 11 is 0. The van der Waals surface area contributed by atoms with Gasteiger partial charge in [0.25, 0.3) is 0 Å². The van der Waals surface area contributed by atoms with Crippen molar-refractivity contribution < 1.29 is 4.74 Å². The summed E-state index contributed by atoms with van der Waals surface area (Å²) in [6.45, 7) is 15.9. The molecule has 0 bridgehead atoms. The van der Waals surface area contributed by atoms with Gasteiger partial charge in [0, 0.05) is 6.54 Å². The number of piperidine rings is 1. The van der Waals surface area contributed by atoms with Gasteiger partial charge in [0.1, 0.15) is 0 Å². The minimum absolute atomic E-state index is 0.367. The van der Waals surface area contributed by atoms with Crippen LogP contribution in [0.4, 0.5) is 0 Å². The van der Waals surface area contributed by atoms with E-state index in [1.807, 2.05) is 0 Å². The Bertz CT molecular complexity index is 215. The average Bonchev–Trinajstić information content (AvgIpc) is 2.38. The maximum absolute atomic E-state index is 5.64. The first kappa shape index (κ1) is 16.0. The second-order valence-corrected chi connectivity index (χ2v) is 6.40. The van der Waals surface area contributed by atoms with Crippen LogP contribution in [-0.2, 0) is 4.74 Å². The number of hydrogen-bond donors (Lipinski definition) is 0. The van der Waals surface area contributed by atoms with Crippen LogP contribution in [0.2, 0.25) is 0 Å². The van der Waals surface area contributed by atoms with Crippen LogP contribution < -0.4 is 0 Å². The van der Waals surface area contributed by atoms with Gasteiger partial charge >= 0.3 is 0 Å². The zero-order valence-corrected chi connectivity index (χ0v) is 13.2. The molecular formula is C16H33NO. The smallest absolute Gasteiger partial charge is 0.0596 e. The second-order valence-electron chi connectivity index (χ2n) is 6.40. The molecule has 2 heteroatoms. The van der Waals surface area contributed by atoms with Crippen LogP contribution in [0.3, 0.4) is 0 Å². The highest BCUT2D eigenvalue weighted by Gasteiger charge is 2.33. The topological polar surface area (TPSA) is 12.5 Å². The highest BCUT2D eigenvalue weighted by Crippen LogP contribution is 2.40. The molecule has 1 fully saturated rings. The van der Waals surface area contributed by atoms with Gasteiger partial charge in [0.2, 0.25) is 0 Å². The predicted octanol–water partition coefficient (Wildman–Crippen LogP) is 3.95. The van der Waals surface area contributed by atoms with Crippen molar-refractivity contribution in [2.24, 2.45) is 11.3 Å². The van der Waals surface area contributed by atoms with Crippen molar-refractivity contribution in [2.75, 3.05) is 26.2 Å². The molecule has 0 unspecified atom stereocenters. The summed E-state index contributed by atoms with van der Waals surface area (Å²) in [5.74, 6) is 0.926. The van der Waals surface area contributed by atoms with Gasteiger partial charge in [-0.25, -0.2) is 0 Å². The SMILES string of the molecule is CCC(C)(CC)C1CCN(CCOC(C)C)CC1. The molecule has 0 atom stereocenters. The summed E-state index contributed by atoms with van der Waals surface area (Å²) in [4.78, 5) is 2.57. The molecule has 1 aliphatic rings. The van der Waals surface area contributed by atoms with Crippen LogP contribution in [0.1, 0.15) is 60.3 Å². The summed E-state index contributed by atoms with van der Waals surface area (Å²) in [7, 11) is 0. The van der Waals surface area contributed by atoms with E-state index >= 15 is 0 Å². The quantitative estimate of drug-likeness (QED) is 0.683. The standard InChI is InChI=1S/C16H33NO/c1-6-16(5,7-2)15-8-10-17(11-9-15)12-13-18-14(3)4/h14-15H,6-13H2,1-5H3. The molecule has 0 aromatic carbocycles. The number of likely N-dealkylation sites (tertiary alicyclic amines) is 1. The minimum atomic E-state index is 0.367. The Morgan fingerprint density at radius 2 is 1.72 bits per heavy atom. The molecule has 1 heterocycles. The monoisotopic (exact) mass is 255 g/mol. The van der Waals surface area contributed by atoms with Gasteiger partial charge in [-0.3, -0.25) is 0 Å². The number of nitrogens with zero attached hydrogens (tertiary/aromatic N) is 1. The average molecular weight is 255 g/mol. The largest absolute Gasteiger partial charge is 0.377 e. The van der Waals surface area contributed by atoms with Gasteiger partial charge < -0.3 is 9.64 Å². The molecule has 1 aliphatic heterocycles. The summed E-state index contributed by atoms with van der Waals surface area (Å²) in [5, 5.41) is 0. The molecule has 18 heavy (non-hydrogen) atoms. The van der Waals surface area contributed by atoms with Crippen LogP contribution >= 0.6 is 0 Å². The third kappa shape index (κ3) is 4.55. The first-order valence-corrected chi connectivity index (χ1v) is 7.85. The fourth-order valence-electron chi connectivity index (χ4n) is 3.10. The lowest BCUT2D eigenvalue weighted by Crippen LogP contribution is -2.41. The molecule has 1 saturated heterocycles. The van der Waals surface area contributed by atoms with Gasteiger partial charge in [-0.2, -0.15) is 0 Å². The van der Waals surface area contributed by atoms with Crippen LogP contribution in [0.5, 0.6) is 0 Å². The summed E-state index contributed by atoms with van der Waals surface area (Å²) in [5.41, 5.74) is 0.570. The van der Waals surface area contributed by atoms with Crippen molar-refractivity contribution in [1.82, 2.24) is 4.90 Å². The van der Waals surface area contributed by atoms with Crippen LogP contribution in [0.15, 0.2) is 0 Å². The lowest BCUT2D eigenvalue weighted by molar-refractivity contribution is 0.0351. The van der Waals surface area contributed by atoms with Crippen LogP contribution in [0, 0.1) is 11.3 Å². The van der Waals surface area contributed by atoms with Crippen molar-refractivity contribution in [2.45, 2.75) is 66.4 Å². The maximum atomic E-state index is 5.64. The molecule has 1 rings (SSSR count). The van der Waals surface area contributed by atoms with E-state index in [4.69, 9.17) is 4.74 Å². The van der Waals surface area contributed by atoms with E-state index in [1.54, 1.807) is 0 Å². The highest BCUT2D eigenvalue weighted by molar-refractivity contribution is 4.84. The molecular weight excluding hydrogens is 222 g/mol. The predicted molar refractivity (Wildman–Crippen MR) is 78.9 cm³/mol. The molecule has 0 radical (unpaired) electrons. The van der Waals surface area contributed by atoms with Crippen LogP contribution in [-0.4, -0.2) is 37.2 Å². The molecule has 0 spiro atoms. The first-order chi connectivity index (χ1) is 8.51. The second kappa shape index (κ2) is 7.49. The fraction of sp³-hybridized carbons (Fsp3) is 1.00. The lowest BCUT2D eigenvalue weighted by atomic mass is 9.69. The normalized spacial score (nSPS) is 19.7. The number of ether oxygens (including phenoxy) is 1. The zero-order chi connectivity index (χ0) is 13.6. The Balaban J connectivity index is 2.28. The van der Waals surface area contributed by atoms with E-state index in [2.05, 4.69) is 39.5 Å². The molecule has 0 aromatic heterocycles. The maximum Gasteiger partial charge on any atom is 0.0596 e. The fourth-order valence-corrected chi connectivity index (χ4v) is 3.10. The van der Waals surface area contributed by atoms with Crippen molar-refractivity contribution in [3.8, 4) is 0 Å². The summed E-state index contributed by atoms with van der Waals surface area (Å²) < 4.78 is 5.64. The van der Waals surface area contributed by atoms with E-state index in [9.17, 15) is 0 Å². The van der Waals surface area contributed by atoms with E-state index in [0.29, 0.717) is 11.5 Å². The van der Waals surface area contributed by atoms with Gasteiger partial charge in [-0.15, -0.1) is 0 Å². The van der Waals surface area contributed by atoms with Crippen molar-refractivity contribution in [3.05, 3.63) is 0 Å². The molecule has 0 aromatic rings. The molecule has 0 aliphatic carbocycles. The molecule has 0 N–H and O–H groups in total. The van der Waals surface area contributed by atoms with Crippen LogP contribution in [0.25, 0.3) is 0 Å². The third-order valence-electron chi connectivity index (χ3n) is 5.05. The van der Waals surface area contributed by atoms with Gasteiger partial charge in [0.05, 0.1) is 12.7 Å². The Morgan fingerprint density at radius 3 is 2.17 bits per heavy atom. The van der Waals surface area contributed by atoms with E-state index in [1.165, 1.54) is 38.8 Å². The summed E-state index contributed by atoms with van der Waals surface area (Å²) in [6, 6.07) is 0. The molecule has 108 valence electrons. The minimum Gasteiger partial charge on any atom is -0.377 e. The van der Waals surface area contributed by atoms with Gasteiger partial charge in [-0.1, -0.05) is 33.6 Å². The molecule has 0 saturated carbocycles. The number of hydrogen-bond acceptors (Lipinski definition) is 2. The van der Waals surface area contributed by atoms with Gasteiger partial charge in [-0.05, 0) is 51.1 Å².